The van der Waals surface area contributed by atoms with Crippen LogP contribution in [0, 0.1) is 0 Å². The monoisotopic (exact) mass is 266 g/mol. The van der Waals surface area contributed by atoms with Crippen molar-refractivity contribution >= 4 is 11.8 Å². The van der Waals surface area contributed by atoms with Crippen molar-refractivity contribution in [3.05, 3.63) is 17.7 Å². The first-order valence-electron chi connectivity index (χ1n) is 5.82. The summed E-state index contributed by atoms with van der Waals surface area (Å²) in [5.74, 6) is 0.406. The first-order valence-corrected chi connectivity index (χ1v) is 5.82. The van der Waals surface area contributed by atoms with Gasteiger partial charge in [-0.15, -0.1) is 0 Å². The number of ketones is 1. The van der Waals surface area contributed by atoms with E-state index in [-0.39, 0.29) is 25.6 Å². The van der Waals surface area contributed by atoms with Crippen molar-refractivity contribution in [1.29, 1.82) is 0 Å². The van der Waals surface area contributed by atoms with Crippen LogP contribution in [0.5, 0.6) is 17.2 Å². The van der Waals surface area contributed by atoms with Crippen molar-refractivity contribution in [3.8, 4) is 17.2 Å². The van der Waals surface area contributed by atoms with Crippen molar-refractivity contribution in [2.45, 2.75) is 13.3 Å². The number of carbonyl (C=O) groups is 2. The number of fused-ring (bicyclic) bond motifs is 1. The molecular formula is C13H14O6. The van der Waals surface area contributed by atoms with Gasteiger partial charge in [0.05, 0.1) is 13.7 Å². The van der Waals surface area contributed by atoms with Gasteiger partial charge in [-0.1, -0.05) is 0 Å². The normalized spacial score (nSPS) is 12.1. The fraction of sp³-hybridized carbons (Fsp3) is 0.385. The van der Waals surface area contributed by atoms with Crippen LogP contribution in [0.2, 0.25) is 0 Å². The van der Waals surface area contributed by atoms with Gasteiger partial charge in [0.25, 0.3) is 0 Å². The van der Waals surface area contributed by atoms with Gasteiger partial charge in [0.2, 0.25) is 12.5 Å². The Morgan fingerprint density at radius 3 is 2.79 bits per heavy atom. The molecule has 2 rings (SSSR count). The lowest BCUT2D eigenvalue weighted by atomic mass is 10.1. The lowest BCUT2D eigenvalue weighted by Gasteiger charge is -2.07. The average molecular weight is 266 g/mol. The molecule has 1 aliphatic heterocycles. The van der Waals surface area contributed by atoms with Crippen molar-refractivity contribution in [2.24, 2.45) is 0 Å². The molecule has 0 radical (unpaired) electrons. The molecule has 6 heteroatoms. The van der Waals surface area contributed by atoms with Gasteiger partial charge in [-0.25, -0.2) is 0 Å². The lowest BCUT2D eigenvalue weighted by Crippen LogP contribution is -2.11. The predicted molar refractivity (Wildman–Crippen MR) is 64.7 cm³/mol. The molecule has 0 saturated heterocycles. The van der Waals surface area contributed by atoms with E-state index in [1.165, 1.54) is 19.2 Å². The summed E-state index contributed by atoms with van der Waals surface area (Å²) >= 11 is 0. The molecule has 1 heterocycles. The highest BCUT2D eigenvalue weighted by atomic mass is 16.7. The van der Waals surface area contributed by atoms with Crippen LogP contribution >= 0.6 is 0 Å². The van der Waals surface area contributed by atoms with Gasteiger partial charge >= 0.3 is 5.97 Å². The third kappa shape index (κ3) is 2.78. The summed E-state index contributed by atoms with van der Waals surface area (Å²) in [6, 6.07) is 3.06. The highest BCUT2D eigenvalue weighted by Gasteiger charge is 2.23. The van der Waals surface area contributed by atoms with Crippen LogP contribution in [0.3, 0.4) is 0 Å². The van der Waals surface area contributed by atoms with Crippen LogP contribution < -0.4 is 14.2 Å². The van der Waals surface area contributed by atoms with E-state index >= 15 is 0 Å². The summed E-state index contributed by atoms with van der Waals surface area (Å²) in [6.45, 7) is 2.02. The zero-order valence-electron chi connectivity index (χ0n) is 10.7. The molecule has 0 bridgehead atoms. The number of Topliss-reactive ketones (excluding diaryl/α,β-unsaturated/α-hetero) is 1. The topological polar surface area (TPSA) is 71.1 Å². The van der Waals surface area contributed by atoms with Crippen LogP contribution in [-0.2, 0) is 9.53 Å². The molecule has 0 atom stereocenters. The largest absolute Gasteiger partial charge is 0.493 e. The Balaban J connectivity index is 2.21. The summed E-state index contributed by atoms with van der Waals surface area (Å²) in [6.07, 6.45) is -0.309. The van der Waals surface area contributed by atoms with E-state index in [0.717, 1.165) is 0 Å². The summed E-state index contributed by atoms with van der Waals surface area (Å²) in [5.41, 5.74) is 0.328. The molecule has 19 heavy (non-hydrogen) atoms. The fourth-order valence-corrected chi connectivity index (χ4v) is 1.74. The minimum absolute atomic E-state index is 0.0845. The van der Waals surface area contributed by atoms with E-state index in [9.17, 15) is 9.59 Å². The second-order valence-electron chi connectivity index (χ2n) is 3.82. The van der Waals surface area contributed by atoms with Gasteiger partial charge in [-0.3, -0.25) is 9.59 Å². The summed E-state index contributed by atoms with van der Waals surface area (Å²) in [4.78, 5) is 23.2. The second-order valence-corrected chi connectivity index (χ2v) is 3.82. The fourth-order valence-electron chi connectivity index (χ4n) is 1.74. The number of benzene rings is 1. The molecule has 0 amide bonds. The first kappa shape index (κ1) is 13.2. The number of methoxy groups -OCH3 is 1. The molecule has 0 unspecified atom stereocenters. The third-order valence-corrected chi connectivity index (χ3v) is 2.59. The lowest BCUT2D eigenvalue weighted by molar-refractivity contribution is -0.141. The van der Waals surface area contributed by atoms with Crippen molar-refractivity contribution in [2.75, 3.05) is 20.5 Å². The molecule has 0 aromatic heterocycles. The number of esters is 1. The molecule has 102 valence electrons. The Morgan fingerprint density at radius 1 is 1.32 bits per heavy atom. The highest BCUT2D eigenvalue weighted by molar-refractivity contribution is 6.06. The average Bonchev–Trinajstić information content (AvgIpc) is 2.85. The molecule has 1 aliphatic rings. The third-order valence-electron chi connectivity index (χ3n) is 2.59. The Kier molecular flexibility index (Phi) is 3.89. The van der Waals surface area contributed by atoms with Crippen molar-refractivity contribution in [1.82, 2.24) is 0 Å². The number of hydrogen-bond donors (Lipinski definition) is 0. The summed E-state index contributed by atoms with van der Waals surface area (Å²) < 4.78 is 20.3. The highest BCUT2D eigenvalue weighted by Crippen LogP contribution is 2.41. The van der Waals surface area contributed by atoms with E-state index in [0.29, 0.717) is 22.8 Å². The first-order chi connectivity index (χ1) is 9.15. The van der Waals surface area contributed by atoms with Crippen LogP contribution in [-0.4, -0.2) is 32.3 Å². The maximum absolute atomic E-state index is 11.9. The molecule has 0 aliphatic carbocycles. The van der Waals surface area contributed by atoms with Gasteiger partial charge in [-0.05, 0) is 19.1 Å². The van der Waals surface area contributed by atoms with E-state index in [1.807, 2.05) is 0 Å². The Morgan fingerprint density at radius 2 is 2.11 bits per heavy atom. The smallest absolute Gasteiger partial charge is 0.313 e. The van der Waals surface area contributed by atoms with Gasteiger partial charge in [-0.2, -0.15) is 0 Å². The molecule has 0 saturated carbocycles. The molecule has 1 aromatic carbocycles. The Bertz CT molecular complexity index is 508. The van der Waals surface area contributed by atoms with Gasteiger partial charge in [0.1, 0.15) is 6.42 Å². The summed E-state index contributed by atoms with van der Waals surface area (Å²) in [5, 5.41) is 0. The SMILES string of the molecule is CCOC(=O)CC(=O)c1cc(OC)c2c(c1)OCO2. The molecule has 0 N–H and O–H groups in total. The molecule has 6 nitrogen and oxygen atoms in total. The maximum Gasteiger partial charge on any atom is 0.313 e. The quantitative estimate of drug-likeness (QED) is 0.457. The van der Waals surface area contributed by atoms with Crippen LogP contribution in [0.25, 0.3) is 0 Å². The molecular weight excluding hydrogens is 252 g/mol. The van der Waals surface area contributed by atoms with Gasteiger partial charge < -0.3 is 18.9 Å². The Labute approximate surface area is 110 Å². The molecule has 0 fully saturated rings. The van der Waals surface area contributed by atoms with Crippen LogP contribution in [0.1, 0.15) is 23.7 Å². The van der Waals surface area contributed by atoms with Crippen LogP contribution in [0.15, 0.2) is 12.1 Å². The molecule has 0 spiro atoms. The predicted octanol–water partition coefficient (Wildman–Crippen LogP) is 1.56. The van der Waals surface area contributed by atoms with Crippen LogP contribution in [0.4, 0.5) is 0 Å². The van der Waals surface area contributed by atoms with Gasteiger partial charge in [0, 0.05) is 5.56 Å². The number of carbonyl (C=O) groups excluding carboxylic acids is 2. The molecule has 1 aromatic rings. The maximum atomic E-state index is 11.9. The van der Waals surface area contributed by atoms with Crippen molar-refractivity contribution in [3.63, 3.8) is 0 Å². The van der Waals surface area contributed by atoms with Crippen molar-refractivity contribution < 1.29 is 28.5 Å². The number of ether oxygens (including phenoxy) is 4. The standard InChI is InChI=1S/C13H14O6/c1-3-17-12(15)6-9(14)8-4-10(16-2)13-11(5-8)18-7-19-13/h4-5H,3,6-7H2,1-2H3. The van der Waals surface area contributed by atoms with E-state index in [1.54, 1.807) is 6.92 Å². The van der Waals surface area contributed by atoms with Gasteiger partial charge in [0.15, 0.2) is 17.3 Å². The van der Waals surface area contributed by atoms with E-state index in [2.05, 4.69) is 0 Å². The van der Waals surface area contributed by atoms with E-state index < -0.39 is 5.97 Å². The number of rotatable bonds is 5. The Hall–Kier alpha value is -2.24. The minimum Gasteiger partial charge on any atom is -0.493 e. The number of hydrogen-bond acceptors (Lipinski definition) is 6. The summed E-state index contributed by atoms with van der Waals surface area (Å²) in [7, 11) is 1.47. The second kappa shape index (κ2) is 5.60. The minimum atomic E-state index is -0.552. The zero-order chi connectivity index (χ0) is 13.8. The zero-order valence-corrected chi connectivity index (χ0v) is 10.7. The van der Waals surface area contributed by atoms with E-state index in [4.69, 9.17) is 18.9 Å².